The quantitative estimate of drug-likeness (QED) is 0.786. The van der Waals surface area contributed by atoms with Crippen LogP contribution < -0.4 is 0 Å². The standard InChI is InChI=1S/C16H20N2O2/c1-4-15-17-12(2)10-18(15)11-20-16(19)13(3)14-8-6-5-7-9-14/h5-10,13H,4,11H2,1-3H3. The smallest absolute Gasteiger partial charge is 0.314 e. The third kappa shape index (κ3) is 3.26. The average molecular weight is 272 g/mol. The van der Waals surface area contributed by atoms with Crippen molar-refractivity contribution >= 4 is 5.97 Å². The summed E-state index contributed by atoms with van der Waals surface area (Å²) in [4.78, 5) is 16.4. The molecule has 0 saturated carbocycles. The summed E-state index contributed by atoms with van der Waals surface area (Å²) in [6.07, 6.45) is 2.72. The Morgan fingerprint density at radius 2 is 2.05 bits per heavy atom. The minimum Gasteiger partial charge on any atom is -0.443 e. The zero-order valence-electron chi connectivity index (χ0n) is 12.2. The summed E-state index contributed by atoms with van der Waals surface area (Å²) >= 11 is 0. The normalized spacial score (nSPS) is 12.2. The van der Waals surface area contributed by atoms with Crippen molar-refractivity contribution in [2.45, 2.75) is 39.8 Å². The molecule has 106 valence electrons. The summed E-state index contributed by atoms with van der Waals surface area (Å²) in [6, 6.07) is 9.65. The van der Waals surface area contributed by atoms with E-state index >= 15 is 0 Å². The summed E-state index contributed by atoms with van der Waals surface area (Å²) in [7, 11) is 0. The number of rotatable bonds is 5. The summed E-state index contributed by atoms with van der Waals surface area (Å²) in [5, 5.41) is 0. The molecule has 1 unspecified atom stereocenters. The molecule has 0 aliphatic rings. The molecular formula is C16H20N2O2. The van der Waals surface area contributed by atoms with Crippen LogP contribution in [0.3, 0.4) is 0 Å². The van der Waals surface area contributed by atoms with Gasteiger partial charge in [-0.3, -0.25) is 4.79 Å². The molecule has 1 aromatic heterocycles. The lowest BCUT2D eigenvalue weighted by atomic mass is 10.0. The molecule has 0 amide bonds. The van der Waals surface area contributed by atoms with Crippen LogP contribution in [0.25, 0.3) is 0 Å². The van der Waals surface area contributed by atoms with Crippen LogP contribution in [0.2, 0.25) is 0 Å². The van der Waals surface area contributed by atoms with Crippen molar-refractivity contribution in [1.29, 1.82) is 0 Å². The van der Waals surface area contributed by atoms with E-state index in [1.807, 2.05) is 61.9 Å². The van der Waals surface area contributed by atoms with E-state index in [1.165, 1.54) is 0 Å². The minimum absolute atomic E-state index is 0.218. The maximum Gasteiger partial charge on any atom is 0.314 e. The largest absolute Gasteiger partial charge is 0.443 e. The summed E-state index contributed by atoms with van der Waals surface area (Å²) in [5.74, 6) is 0.457. The maximum atomic E-state index is 12.1. The molecule has 1 atom stereocenters. The van der Waals surface area contributed by atoms with Gasteiger partial charge in [0.1, 0.15) is 5.82 Å². The zero-order valence-corrected chi connectivity index (χ0v) is 12.2. The molecule has 2 aromatic rings. The van der Waals surface area contributed by atoms with Gasteiger partial charge in [-0.25, -0.2) is 4.98 Å². The fourth-order valence-corrected chi connectivity index (χ4v) is 2.13. The van der Waals surface area contributed by atoms with Crippen molar-refractivity contribution in [3.63, 3.8) is 0 Å². The van der Waals surface area contributed by atoms with Gasteiger partial charge >= 0.3 is 5.97 Å². The fourth-order valence-electron chi connectivity index (χ4n) is 2.13. The predicted molar refractivity (Wildman–Crippen MR) is 77.3 cm³/mol. The fraction of sp³-hybridized carbons (Fsp3) is 0.375. The van der Waals surface area contributed by atoms with Gasteiger partial charge in [-0.15, -0.1) is 0 Å². The minimum atomic E-state index is -0.258. The monoisotopic (exact) mass is 272 g/mol. The van der Waals surface area contributed by atoms with Crippen LogP contribution in [0.5, 0.6) is 0 Å². The number of imidazole rings is 1. The van der Waals surface area contributed by atoms with E-state index in [0.717, 1.165) is 23.5 Å². The van der Waals surface area contributed by atoms with Gasteiger partial charge in [-0.2, -0.15) is 0 Å². The van der Waals surface area contributed by atoms with E-state index in [9.17, 15) is 4.79 Å². The molecule has 20 heavy (non-hydrogen) atoms. The molecule has 0 spiro atoms. The highest BCUT2D eigenvalue weighted by molar-refractivity contribution is 5.77. The topological polar surface area (TPSA) is 44.1 Å². The number of aryl methyl sites for hydroxylation is 2. The molecule has 0 bridgehead atoms. The first-order chi connectivity index (χ1) is 9.61. The summed E-state index contributed by atoms with van der Waals surface area (Å²) in [5.41, 5.74) is 1.91. The highest BCUT2D eigenvalue weighted by Gasteiger charge is 2.16. The zero-order chi connectivity index (χ0) is 14.5. The van der Waals surface area contributed by atoms with E-state index < -0.39 is 0 Å². The van der Waals surface area contributed by atoms with Gasteiger partial charge < -0.3 is 9.30 Å². The molecule has 0 aliphatic heterocycles. The molecule has 0 radical (unpaired) electrons. The maximum absolute atomic E-state index is 12.1. The number of benzene rings is 1. The van der Waals surface area contributed by atoms with Gasteiger partial charge in [0, 0.05) is 12.6 Å². The van der Waals surface area contributed by atoms with Gasteiger partial charge in [-0.05, 0) is 19.4 Å². The highest BCUT2D eigenvalue weighted by atomic mass is 16.5. The van der Waals surface area contributed by atoms with Gasteiger partial charge in [0.2, 0.25) is 0 Å². The second-order valence-electron chi connectivity index (χ2n) is 4.85. The molecule has 0 saturated heterocycles. The first kappa shape index (κ1) is 14.3. The lowest BCUT2D eigenvalue weighted by molar-refractivity contribution is -0.149. The molecule has 4 heteroatoms. The Morgan fingerprint density at radius 3 is 2.70 bits per heavy atom. The van der Waals surface area contributed by atoms with Crippen LogP contribution in [-0.2, 0) is 22.7 Å². The highest BCUT2D eigenvalue weighted by Crippen LogP contribution is 2.16. The number of ether oxygens (including phenoxy) is 1. The van der Waals surface area contributed by atoms with Gasteiger partial charge in [0.15, 0.2) is 6.73 Å². The Kier molecular flexibility index (Phi) is 4.56. The number of carbonyl (C=O) groups excluding carboxylic acids is 1. The van der Waals surface area contributed by atoms with Gasteiger partial charge in [0.25, 0.3) is 0 Å². The van der Waals surface area contributed by atoms with Crippen molar-refractivity contribution in [3.05, 3.63) is 53.6 Å². The molecule has 1 aromatic carbocycles. The number of hydrogen-bond acceptors (Lipinski definition) is 3. The van der Waals surface area contributed by atoms with Crippen LogP contribution >= 0.6 is 0 Å². The van der Waals surface area contributed by atoms with E-state index in [1.54, 1.807) is 0 Å². The Labute approximate surface area is 119 Å². The number of esters is 1. The third-order valence-electron chi connectivity index (χ3n) is 3.29. The first-order valence-corrected chi connectivity index (χ1v) is 6.86. The first-order valence-electron chi connectivity index (χ1n) is 6.86. The molecule has 4 nitrogen and oxygen atoms in total. The van der Waals surface area contributed by atoms with Crippen LogP contribution in [0.15, 0.2) is 36.5 Å². The Hall–Kier alpha value is -2.10. The Balaban J connectivity index is 1.98. The average Bonchev–Trinajstić information content (AvgIpc) is 2.85. The van der Waals surface area contributed by atoms with Crippen LogP contribution in [0.1, 0.15) is 36.8 Å². The molecule has 0 N–H and O–H groups in total. The van der Waals surface area contributed by atoms with Crippen molar-refractivity contribution in [1.82, 2.24) is 9.55 Å². The van der Waals surface area contributed by atoms with Gasteiger partial charge in [0.05, 0.1) is 11.6 Å². The van der Waals surface area contributed by atoms with E-state index in [-0.39, 0.29) is 18.6 Å². The van der Waals surface area contributed by atoms with Crippen molar-refractivity contribution in [2.24, 2.45) is 0 Å². The van der Waals surface area contributed by atoms with E-state index in [2.05, 4.69) is 4.98 Å². The van der Waals surface area contributed by atoms with E-state index in [4.69, 9.17) is 4.74 Å². The molecule has 1 heterocycles. The Bertz CT molecular complexity index is 575. The van der Waals surface area contributed by atoms with Crippen LogP contribution in [-0.4, -0.2) is 15.5 Å². The summed E-state index contributed by atoms with van der Waals surface area (Å²) in [6.45, 7) is 6.05. The third-order valence-corrected chi connectivity index (χ3v) is 3.29. The van der Waals surface area contributed by atoms with Crippen molar-refractivity contribution < 1.29 is 9.53 Å². The number of hydrogen-bond donors (Lipinski definition) is 0. The van der Waals surface area contributed by atoms with Crippen LogP contribution in [0.4, 0.5) is 0 Å². The van der Waals surface area contributed by atoms with Crippen molar-refractivity contribution in [3.8, 4) is 0 Å². The van der Waals surface area contributed by atoms with E-state index in [0.29, 0.717) is 0 Å². The van der Waals surface area contributed by atoms with Crippen LogP contribution in [0, 0.1) is 6.92 Å². The van der Waals surface area contributed by atoms with Gasteiger partial charge in [-0.1, -0.05) is 37.3 Å². The Morgan fingerprint density at radius 1 is 1.35 bits per heavy atom. The lowest BCUT2D eigenvalue weighted by Gasteiger charge is -2.13. The SMILES string of the molecule is CCc1nc(C)cn1COC(=O)C(C)c1ccccc1. The molecule has 2 rings (SSSR count). The molecule has 0 fully saturated rings. The number of nitrogens with zero attached hydrogens (tertiary/aromatic N) is 2. The molecule has 0 aliphatic carbocycles. The van der Waals surface area contributed by atoms with Crippen molar-refractivity contribution in [2.75, 3.05) is 0 Å². The predicted octanol–water partition coefficient (Wildman–Crippen LogP) is 3.06. The molecular weight excluding hydrogens is 252 g/mol. The number of aromatic nitrogens is 2. The second kappa shape index (κ2) is 6.37. The number of carbonyl (C=O) groups is 1. The second-order valence-corrected chi connectivity index (χ2v) is 4.85. The summed E-state index contributed by atoms with van der Waals surface area (Å²) < 4.78 is 7.26. The lowest BCUT2D eigenvalue weighted by Crippen LogP contribution is -2.16.